The van der Waals surface area contributed by atoms with Crippen LogP contribution in [0.3, 0.4) is 0 Å². The third-order valence-electron chi connectivity index (χ3n) is 3.77. The standard InChI is InChI=1S/C18H14F2NO/c19-17-7-6-14(8-18(17)20)16-11-21(10-15(16)12-22)9-13-4-2-1-3-5-13/h1-8H,9-11H2. The molecule has 0 unspecified atom stereocenters. The number of nitrogens with zero attached hydrogens (tertiary/aromatic N) is 1. The Kier molecular flexibility index (Phi) is 4.11. The average Bonchev–Trinajstić information content (AvgIpc) is 2.94. The maximum atomic E-state index is 13.4. The maximum Gasteiger partial charge on any atom is 0.230 e. The summed E-state index contributed by atoms with van der Waals surface area (Å²) in [6, 6.07) is 13.6. The van der Waals surface area contributed by atoms with Crippen LogP contribution in [0.15, 0.2) is 54.1 Å². The highest BCUT2D eigenvalue weighted by molar-refractivity contribution is 5.91. The van der Waals surface area contributed by atoms with E-state index in [1.54, 1.807) is 0 Å². The van der Waals surface area contributed by atoms with Crippen molar-refractivity contribution >= 4 is 11.9 Å². The lowest BCUT2D eigenvalue weighted by atomic mass is 10.0. The van der Waals surface area contributed by atoms with Gasteiger partial charge in [-0.05, 0) is 28.8 Å². The predicted octanol–water partition coefficient (Wildman–Crippen LogP) is 3.34. The number of halogens is 2. The van der Waals surface area contributed by atoms with Gasteiger partial charge in [0, 0.05) is 25.2 Å². The van der Waals surface area contributed by atoms with Gasteiger partial charge in [-0.2, -0.15) is 0 Å². The van der Waals surface area contributed by atoms with Gasteiger partial charge in [-0.25, -0.2) is 8.78 Å². The van der Waals surface area contributed by atoms with Gasteiger partial charge < -0.3 is 0 Å². The summed E-state index contributed by atoms with van der Waals surface area (Å²) in [6.45, 7) is 1.68. The first-order valence-electron chi connectivity index (χ1n) is 6.99. The topological polar surface area (TPSA) is 20.3 Å². The fourth-order valence-corrected chi connectivity index (χ4v) is 2.69. The number of benzene rings is 2. The van der Waals surface area contributed by atoms with Gasteiger partial charge in [-0.15, -0.1) is 0 Å². The highest BCUT2D eigenvalue weighted by Crippen LogP contribution is 2.28. The highest BCUT2D eigenvalue weighted by Gasteiger charge is 2.24. The Morgan fingerprint density at radius 1 is 1.00 bits per heavy atom. The van der Waals surface area contributed by atoms with Gasteiger partial charge in [0.1, 0.15) is 0 Å². The van der Waals surface area contributed by atoms with Crippen LogP contribution in [-0.2, 0) is 11.3 Å². The van der Waals surface area contributed by atoms with Crippen molar-refractivity contribution in [1.82, 2.24) is 4.90 Å². The minimum Gasteiger partial charge on any atom is -0.290 e. The number of carbonyl (C=O) groups excluding carboxylic acids is 1. The molecule has 0 saturated heterocycles. The third kappa shape index (κ3) is 2.97. The van der Waals surface area contributed by atoms with Crippen LogP contribution < -0.4 is 0 Å². The van der Waals surface area contributed by atoms with Gasteiger partial charge in [0.15, 0.2) is 11.6 Å². The van der Waals surface area contributed by atoms with Crippen LogP contribution in [0, 0.1) is 11.6 Å². The first-order chi connectivity index (χ1) is 10.7. The zero-order valence-corrected chi connectivity index (χ0v) is 11.9. The normalized spacial score (nSPS) is 15.4. The molecule has 0 N–H and O–H groups in total. The average molecular weight is 298 g/mol. The number of hydrogen-bond acceptors (Lipinski definition) is 2. The molecule has 0 atom stereocenters. The first kappa shape index (κ1) is 14.6. The van der Waals surface area contributed by atoms with E-state index in [-0.39, 0.29) is 0 Å². The lowest BCUT2D eigenvalue weighted by Gasteiger charge is -2.16. The molecule has 0 aromatic heterocycles. The van der Waals surface area contributed by atoms with Crippen LogP contribution in [-0.4, -0.2) is 24.3 Å². The van der Waals surface area contributed by atoms with E-state index < -0.39 is 11.6 Å². The van der Waals surface area contributed by atoms with Crippen LogP contribution in [0.5, 0.6) is 0 Å². The minimum atomic E-state index is -0.906. The Labute approximate surface area is 127 Å². The number of hydrogen-bond donors (Lipinski definition) is 0. The molecular formula is C18H14F2NO. The zero-order valence-electron chi connectivity index (χ0n) is 11.9. The second-order valence-corrected chi connectivity index (χ2v) is 5.32. The second-order valence-electron chi connectivity index (χ2n) is 5.32. The van der Waals surface area contributed by atoms with Crippen molar-refractivity contribution in [2.24, 2.45) is 0 Å². The van der Waals surface area contributed by atoms with Gasteiger partial charge in [0.05, 0.1) is 0 Å². The van der Waals surface area contributed by atoms with Gasteiger partial charge in [-0.3, -0.25) is 9.69 Å². The van der Waals surface area contributed by atoms with Crippen molar-refractivity contribution < 1.29 is 13.6 Å². The summed E-state index contributed by atoms with van der Waals surface area (Å²) in [6.07, 6.45) is 1.93. The molecule has 0 bridgehead atoms. The molecule has 1 aliphatic rings. The van der Waals surface area contributed by atoms with Crippen molar-refractivity contribution in [3.05, 3.63) is 76.9 Å². The molecule has 2 aromatic rings. The lowest BCUT2D eigenvalue weighted by Crippen LogP contribution is -2.21. The molecular weight excluding hydrogens is 284 g/mol. The molecule has 22 heavy (non-hydrogen) atoms. The predicted molar refractivity (Wildman–Crippen MR) is 80.7 cm³/mol. The van der Waals surface area contributed by atoms with Crippen LogP contribution in [0.1, 0.15) is 11.1 Å². The van der Waals surface area contributed by atoms with Gasteiger partial charge >= 0.3 is 0 Å². The van der Waals surface area contributed by atoms with E-state index >= 15 is 0 Å². The van der Waals surface area contributed by atoms with Crippen molar-refractivity contribution in [3.8, 4) is 0 Å². The summed E-state index contributed by atoms with van der Waals surface area (Å²) in [5, 5.41) is 0. The van der Waals surface area contributed by atoms with Crippen molar-refractivity contribution in [1.29, 1.82) is 0 Å². The molecule has 2 aromatic carbocycles. The quantitative estimate of drug-likeness (QED) is 0.863. The first-order valence-corrected chi connectivity index (χ1v) is 6.99. The van der Waals surface area contributed by atoms with E-state index in [9.17, 15) is 13.6 Å². The van der Waals surface area contributed by atoms with Gasteiger partial charge in [0.25, 0.3) is 0 Å². The van der Waals surface area contributed by atoms with Crippen LogP contribution in [0.4, 0.5) is 8.78 Å². The van der Waals surface area contributed by atoms with Gasteiger partial charge in [0.2, 0.25) is 6.29 Å². The fourth-order valence-electron chi connectivity index (χ4n) is 2.69. The molecule has 2 nitrogen and oxygen atoms in total. The van der Waals surface area contributed by atoms with Crippen molar-refractivity contribution in [3.63, 3.8) is 0 Å². The minimum absolute atomic E-state index is 0.465. The third-order valence-corrected chi connectivity index (χ3v) is 3.77. The fraction of sp³-hybridized carbons (Fsp3) is 0.167. The van der Waals surface area contributed by atoms with E-state index in [4.69, 9.17) is 0 Å². The molecule has 0 saturated carbocycles. The SMILES string of the molecule is O=[C]C1=C(c2ccc(F)c(F)c2)CN(Cc2ccccc2)C1. The Balaban J connectivity index is 1.81. The summed E-state index contributed by atoms with van der Waals surface area (Å²) < 4.78 is 26.4. The molecule has 3 rings (SSSR count). The molecule has 0 spiro atoms. The Bertz CT molecular complexity index is 725. The zero-order chi connectivity index (χ0) is 15.5. The summed E-state index contributed by atoms with van der Waals surface area (Å²) in [7, 11) is 0. The van der Waals surface area contributed by atoms with E-state index in [0.29, 0.717) is 36.3 Å². The second kappa shape index (κ2) is 6.20. The lowest BCUT2D eigenvalue weighted by molar-refractivity contribution is 0.345. The van der Waals surface area contributed by atoms with Crippen LogP contribution in [0.2, 0.25) is 0 Å². The molecule has 1 heterocycles. The van der Waals surface area contributed by atoms with Crippen molar-refractivity contribution in [2.45, 2.75) is 6.54 Å². The van der Waals surface area contributed by atoms with Crippen molar-refractivity contribution in [2.75, 3.05) is 13.1 Å². The highest BCUT2D eigenvalue weighted by atomic mass is 19.2. The largest absolute Gasteiger partial charge is 0.290 e. The monoisotopic (exact) mass is 298 g/mol. The molecule has 0 fully saturated rings. The molecule has 0 amide bonds. The van der Waals surface area contributed by atoms with E-state index in [1.807, 2.05) is 36.6 Å². The summed E-state index contributed by atoms with van der Waals surface area (Å²) in [4.78, 5) is 13.2. The van der Waals surface area contributed by atoms with E-state index in [1.165, 1.54) is 6.07 Å². The Hall–Kier alpha value is -2.33. The van der Waals surface area contributed by atoms with E-state index in [0.717, 1.165) is 17.7 Å². The number of rotatable bonds is 4. The summed E-state index contributed by atoms with van der Waals surface area (Å²) >= 11 is 0. The van der Waals surface area contributed by atoms with Crippen LogP contribution in [0.25, 0.3) is 5.57 Å². The summed E-state index contributed by atoms with van der Waals surface area (Å²) in [5.74, 6) is -1.79. The molecule has 1 radical (unpaired) electrons. The molecule has 1 aliphatic heterocycles. The van der Waals surface area contributed by atoms with E-state index in [2.05, 4.69) is 4.90 Å². The molecule has 0 aliphatic carbocycles. The Morgan fingerprint density at radius 3 is 2.45 bits per heavy atom. The summed E-state index contributed by atoms with van der Waals surface area (Å²) in [5.41, 5.74) is 2.89. The van der Waals surface area contributed by atoms with Gasteiger partial charge in [-0.1, -0.05) is 36.4 Å². The maximum absolute atomic E-state index is 13.4. The Morgan fingerprint density at radius 2 is 1.77 bits per heavy atom. The van der Waals surface area contributed by atoms with Crippen LogP contribution >= 0.6 is 0 Å². The smallest absolute Gasteiger partial charge is 0.230 e. The molecule has 4 heteroatoms. The molecule has 111 valence electrons.